The van der Waals surface area contributed by atoms with Crippen molar-refractivity contribution in [1.82, 2.24) is 5.32 Å². The fraction of sp³-hybridized carbons (Fsp3) is 0.429. The lowest BCUT2D eigenvalue weighted by atomic mass is 10.1. The number of ether oxygens (including phenoxy) is 2. The van der Waals surface area contributed by atoms with Crippen molar-refractivity contribution in [3.63, 3.8) is 0 Å². The number of piperazine rings is 1. The molecule has 1 saturated heterocycles. The molecule has 1 atom stereocenters. The van der Waals surface area contributed by atoms with Crippen molar-refractivity contribution in [2.75, 3.05) is 32.6 Å². The molecular weight excluding hydrogens is 274 g/mol. The van der Waals surface area contributed by atoms with Gasteiger partial charge in [-0.2, -0.15) is 0 Å². The molecule has 114 valence electrons. The quantitative estimate of drug-likeness (QED) is 0.656. The van der Waals surface area contributed by atoms with Gasteiger partial charge in [0.15, 0.2) is 6.04 Å². The van der Waals surface area contributed by atoms with E-state index in [4.69, 9.17) is 9.47 Å². The van der Waals surface area contributed by atoms with Crippen molar-refractivity contribution in [2.45, 2.75) is 12.5 Å². The molecule has 1 aromatic carbocycles. The normalized spacial score (nSPS) is 17.8. The maximum absolute atomic E-state index is 12.1. The van der Waals surface area contributed by atoms with Gasteiger partial charge >= 0.3 is 0 Å². The average molecular weight is 294 g/mol. The second-order valence-electron chi connectivity index (χ2n) is 4.74. The highest BCUT2D eigenvalue weighted by molar-refractivity contribution is 5.96. The van der Waals surface area contributed by atoms with Gasteiger partial charge in [0.2, 0.25) is 5.91 Å². The van der Waals surface area contributed by atoms with Gasteiger partial charge in [-0.05, 0) is 12.1 Å². The van der Waals surface area contributed by atoms with E-state index in [0.29, 0.717) is 23.7 Å². The summed E-state index contributed by atoms with van der Waals surface area (Å²) in [6, 6.07) is 4.77. The monoisotopic (exact) mass is 294 g/mol. The van der Waals surface area contributed by atoms with Crippen LogP contribution in [0.4, 0.5) is 5.69 Å². The van der Waals surface area contributed by atoms with Crippen LogP contribution in [0.2, 0.25) is 0 Å². The molecule has 1 aromatic rings. The van der Waals surface area contributed by atoms with Gasteiger partial charge in [-0.25, -0.2) is 0 Å². The molecule has 1 unspecified atom stereocenters. The third-order valence-corrected chi connectivity index (χ3v) is 3.32. The number of rotatable bonds is 5. The van der Waals surface area contributed by atoms with Gasteiger partial charge in [0, 0.05) is 6.07 Å². The summed E-state index contributed by atoms with van der Waals surface area (Å²) in [5, 5.41) is 7.38. The van der Waals surface area contributed by atoms with Gasteiger partial charge in [-0.3, -0.25) is 9.59 Å². The predicted molar refractivity (Wildman–Crippen MR) is 76.4 cm³/mol. The number of methoxy groups -OCH3 is 2. The minimum atomic E-state index is -0.379. The number of amides is 2. The summed E-state index contributed by atoms with van der Waals surface area (Å²) in [5.74, 6) is 0.822. The lowest BCUT2D eigenvalue weighted by molar-refractivity contribution is -0.678. The molecule has 0 spiro atoms. The van der Waals surface area contributed by atoms with Gasteiger partial charge in [-0.15, -0.1) is 0 Å². The fourth-order valence-corrected chi connectivity index (χ4v) is 2.21. The van der Waals surface area contributed by atoms with Crippen LogP contribution in [0.3, 0.4) is 0 Å². The highest BCUT2D eigenvalue weighted by Gasteiger charge is 2.28. The molecular formula is C14H20N3O4+. The number of nitrogens with one attached hydrogen (secondary N) is 2. The van der Waals surface area contributed by atoms with Crippen LogP contribution in [0, 0.1) is 0 Å². The van der Waals surface area contributed by atoms with Crippen LogP contribution in [0.25, 0.3) is 0 Å². The van der Waals surface area contributed by atoms with Crippen LogP contribution in [-0.4, -0.2) is 45.2 Å². The molecule has 2 rings (SSSR count). The largest absolute Gasteiger partial charge is 0.497 e. The second-order valence-corrected chi connectivity index (χ2v) is 4.74. The molecule has 1 aliphatic rings. The Kier molecular flexibility index (Phi) is 4.99. The minimum absolute atomic E-state index is 0.103. The lowest BCUT2D eigenvalue weighted by Gasteiger charge is -2.20. The number of hydrogen-bond donors (Lipinski definition) is 3. The van der Waals surface area contributed by atoms with Crippen molar-refractivity contribution in [3.05, 3.63) is 18.2 Å². The molecule has 7 heteroatoms. The summed E-state index contributed by atoms with van der Waals surface area (Å²) in [4.78, 5) is 23.7. The topological polar surface area (TPSA) is 93.3 Å². The first-order chi connectivity index (χ1) is 10.1. The van der Waals surface area contributed by atoms with E-state index in [-0.39, 0.29) is 24.3 Å². The van der Waals surface area contributed by atoms with Gasteiger partial charge in [0.1, 0.15) is 11.5 Å². The first-order valence-corrected chi connectivity index (χ1v) is 6.77. The third kappa shape index (κ3) is 3.85. The van der Waals surface area contributed by atoms with Crippen molar-refractivity contribution >= 4 is 17.5 Å². The molecule has 2 amide bonds. The average Bonchev–Trinajstić information content (AvgIpc) is 2.49. The van der Waals surface area contributed by atoms with E-state index in [0.717, 1.165) is 6.54 Å². The van der Waals surface area contributed by atoms with E-state index in [9.17, 15) is 9.59 Å². The Labute approximate surface area is 123 Å². The molecule has 1 heterocycles. The highest BCUT2D eigenvalue weighted by atomic mass is 16.5. The maximum atomic E-state index is 12.1. The summed E-state index contributed by atoms with van der Waals surface area (Å²) in [6.07, 6.45) is 0.117. The zero-order chi connectivity index (χ0) is 15.2. The highest BCUT2D eigenvalue weighted by Crippen LogP contribution is 2.28. The maximum Gasteiger partial charge on any atom is 0.278 e. The summed E-state index contributed by atoms with van der Waals surface area (Å²) in [6.45, 7) is 1.42. The third-order valence-electron chi connectivity index (χ3n) is 3.32. The number of quaternary nitrogens is 1. The summed E-state index contributed by atoms with van der Waals surface area (Å²) < 4.78 is 10.3. The van der Waals surface area contributed by atoms with Crippen molar-refractivity contribution in [1.29, 1.82) is 0 Å². The van der Waals surface area contributed by atoms with Crippen LogP contribution in [0.15, 0.2) is 18.2 Å². The number of benzene rings is 1. The Morgan fingerprint density at radius 1 is 1.43 bits per heavy atom. The Morgan fingerprint density at radius 2 is 2.24 bits per heavy atom. The number of hydrogen-bond acceptors (Lipinski definition) is 4. The van der Waals surface area contributed by atoms with Crippen LogP contribution < -0.4 is 25.4 Å². The van der Waals surface area contributed by atoms with E-state index < -0.39 is 0 Å². The minimum Gasteiger partial charge on any atom is -0.497 e. The van der Waals surface area contributed by atoms with Crippen LogP contribution in [0.1, 0.15) is 6.42 Å². The molecule has 4 N–H and O–H groups in total. The fourth-order valence-electron chi connectivity index (χ4n) is 2.21. The van der Waals surface area contributed by atoms with Gasteiger partial charge in [0.05, 0.1) is 39.4 Å². The summed E-state index contributed by atoms with van der Waals surface area (Å²) >= 11 is 0. The second kappa shape index (κ2) is 6.94. The van der Waals surface area contributed by atoms with E-state index >= 15 is 0 Å². The van der Waals surface area contributed by atoms with E-state index in [1.165, 1.54) is 7.11 Å². The Hall–Kier alpha value is -2.28. The predicted octanol–water partition coefficient (Wildman–Crippen LogP) is -0.906. The molecule has 21 heavy (non-hydrogen) atoms. The van der Waals surface area contributed by atoms with E-state index in [1.807, 2.05) is 5.32 Å². The Balaban J connectivity index is 2.03. The molecule has 7 nitrogen and oxygen atoms in total. The van der Waals surface area contributed by atoms with Crippen LogP contribution in [0.5, 0.6) is 11.5 Å². The molecule has 0 aromatic heterocycles. The number of anilines is 1. The van der Waals surface area contributed by atoms with Crippen molar-refractivity contribution in [3.8, 4) is 11.5 Å². The lowest BCUT2D eigenvalue weighted by Crippen LogP contribution is -2.96. The summed E-state index contributed by atoms with van der Waals surface area (Å²) in [5.41, 5.74) is 0.526. The standard InChI is InChI=1S/C14H19N3O4/c1-20-9-3-4-12(21-2)10(7-9)17-13(18)8-11-14(19)16-6-5-15-11/h3-4,7,11,15H,5-6,8H2,1-2H3,(H,16,19)(H,17,18)/p+1. The molecule has 0 aliphatic carbocycles. The van der Waals surface area contributed by atoms with Crippen molar-refractivity contribution < 1.29 is 24.4 Å². The SMILES string of the molecule is COc1ccc(OC)c(NC(=O)CC2[NH2+]CCNC2=O)c1. The van der Waals surface area contributed by atoms with Crippen molar-refractivity contribution in [2.24, 2.45) is 0 Å². The van der Waals surface area contributed by atoms with Gasteiger partial charge in [0.25, 0.3) is 5.91 Å². The first kappa shape index (κ1) is 15.1. The molecule has 0 bridgehead atoms. The Morgan fingerprint density at radius 3 is 2.90 bits per heavy atom. The zero-order valence-corrected chi connectivity index (χ0v) is 12.1. The zero-order valence-electron chi connectivity index (χ0n) is 12.1. The first-order valence-electron chi connectivity index (χ1n) is 6.77. The molecule has 0 saturated carbocycles. The van der Waals surface area contributed by atoms with Gasteiger partial charge < -0.3 is 25.4 Å². The van der Waals surface area contributed by atoms with E-state index in [1.54, 1.807) is 25.3 Å². The smallest absolute Gasteiger partial charge is 0.278 e. The molecule has 0 radical (unpaired) electrons. The number of carbonyl (C=O) groups excluding carboxylic acids is 2. The molecule has 1 aliphatic heterocycles. The van der Waals surface area contributed by atoms with Gasteiger partial charge in [-0.1, -0.05) is 0 Å². The number of nitrogens with two attached hydrogens (primary N) is 1. The number of carbonyl (C=O) groups is 2. The van der Waals surface area contributed by atoms with Crippen LogP contribution in [-0.2, 0) is 9.59 Å². The summed E-state index contributed by atoms with van der Waals surface area (Å²) in [7, 11) is 3.08. The molecule has 1 fully saturated rings. The Bertz CT molecular complexity index is 533. The van der Waals surface area contributed by atoms with Crippen LogP contribution >= 0.6 is 0 Å². The van der Waals surface area contributed by atoms with E-state index in [2.05, 4.69) is 10.6 Å².